The number of hydrogen-bond donors (Lipinski definition) is 3. The second-order valence-electron chi connectivity index (χ2n) is 4.55. The zero-order valence-corrected chi connectivity index (χ0v) is 11.4. The Morgan fingerprint density at radius 1 is 1.15 bits per heavy atom. The van der Waals surface area contributed by atoms with Crippen molar-refractivity contribution in [3.8, 4) is 0 Å². The molecule has 20 heavy (non-hydrogen) atoms. The molecule has 0 bridgehead atoms. The Morgan fingerprint density at radius 2 is 1.75 bits per heavy atom. The molecule has 110 valence electrons. The van der Waals surface area contributed by atoms with E-state index in [1.165, 1.54) is 12.1 Å². The highest BCUT2D eigenvalue weighted by Gasteiger charge is 2.42. The molecule has 1 heterocycles. The molecule has 1 aromatic carbocycles. The summed E-state index contributed by atoms with van der Waals surface area (Å²) in [7, 11) is 0. The largest absolute Gasteiger partial charge is 0.388 e. The van der Waals surface area contributed by atoms with E-state index in [-0.39, 0.29) is 5.69 Å². The Kier molecular flexibility index (Phi) is 4.61. The molecule has 1 fully saturated rings. The predicted octanol–water partition coefficient (Wildman–Crippen LogP) is 0.514. The van der Waals surface area contributed by atoms with Gasteiger partial charge >= 0.3 is 0 Å². The number of aliphatic hydroxyl groups is 3. The smallest absolute Gasteiger partial charge is 0.269 e. The molecule has 1 saturated heterocycles. The molecule has 0 aromatic heterocycles. The Labute approximate surface area is 119 Å². The van der Waals surface area contributed by atoms with Crippen LogP contribution in [0.3, 0.4) is 0 Å². The summed E-state index contributed by atoms with van der Waals surface area (Å²) >= 11 is 1.14. The number of rotatable bonds is 3. The van der Waals surface area contributed by atoms with Crippen LogP contribution in [0.4, 0.5) is 5.69 Å². The van der Waals surface area contributed by atoms with Gasteiger partial charge in [-0.2, -0.15) is 0 Å². The summed E-state index contributed by atoms with van der Waals surface area (Å²) in [5.74, 6) is 0. The maximum atomic E-state index is 10.5. The zero-order chi connectivity index (χ0) is 14.9. The summed E-state index contributed by atoms with van der Waals surface area (Å²) in [6, 6.07) is 5.79. The van der Waals surface area contributed by atoms with Crippen LogP contribution in [0.2, 0.25) is 0 Å². The van der Waals surface area contributed by atoms with E-state index >= 15 is 0 Å². The van der Waals surface area contributed by atoms with Crippen molar-refractivity contribution in [3.05, 3.63) is 34.4 Å². The highest BCUT2D eigenvalue weighted by molar-refractivity contribution is 7.99. The predicted molar refractivity (Wildman–Crippen MR) is 71.3 cm³/mol. The van der Waals surface area contributed by atoms with Crippen LogP contribution >= 0.6 is 11.8 Å². The number of benzene rings is 1. The molecule has 0 amide bonds. The maximum absolute atomic E-state index is 10.5. The normalized spacial score (nSPS) is 33.9. The zero-order valence-electron chi connectivity index (χ0n) is 10.6. The third kappa shape index (κ3) is 3.10. The van der Waals surface area contributed by atoms with Crippen LogP contribution < -0.4 is 0 Å². The first-order chi connectivity index (χ1) is 9.40. The summed E-state index contributed by atoms with van der Waals surface area (Å²) in [5, 5.41) is 39.7. The average Bonchev–Trinajstić information content (AvgIpc) is 2.43. The van der Waals surface area contributed by atoms with Crippen molar-refractivity contribution in [3.63, 3.8) is 0 Å². The molecule has 0 spiro atoms. The van der Waals surface area contributed by atoms with Gasteiger partial charge in [-0.1, -0.05) is 11.8 Å². The van der Waals surface area contributed by atoms with Gasteiger partial charge in [-0.3, -0.25) is 10.1 Å². The molecule has 3 N–H and O–H groups in total. The third-order valence-electron chi connectivity index (χ3n) is 3.11. The van der Waals surface area contributed by atoms with Gasteiger partial charge in [0.15, 0.2) is 0 Å². The molecular weight excluding hydrogens is 286 g/mol. The van der Waals surface area contributed by atoms with Crippen molar-refractivity contribution in [2.45, 2.75) is 41.7 Å². The van der Waals surface area contributed by atoms with Crippen molar-refractivity contribution in [2.75, 3.05) is 0 Å². The molecular formula is C12H15NO6S. The van der Waals surface area contributed by atoms with E-state index in [4.69, 9.17) is 4.74 Å². The first-order valence-corrected chi connectivity index (χ1v) is 6.89. The molecule has 1 aliphatic heterocycles. The highest BCUT2D eigenvalue weighted by Crippen LogP contribution is 2.33. The Hall–Kier alpha value is -1.19. The summed E-state index contributed by atoms with van der Waals surface area (Å²) in [5.41, 5.74) is -0.770. The van der Waals surface area contributed by atoms with Gasteiger partial charge in [0.25, 0.3) is 5.69 Å². The number of nitrogens with zero attached hydrogens (tertiary/aromatic N) is 1. The van der Waals surface area contributed by atoms with Crippen LogP contribution in [0.1, 0.15) is 6.92 Å². The first kappa shape index (κ1) is 15.2. The molecule has 2 rings (SSSR count). The number of aliphatic hydroxyl groups excluding tert-OH is 3. The fraction of sp³-hybridized carbons (Fsp3) is 0.500. The lowest BCUT2D eigenvalue weighted by Gasteiger charge is -2.38. The standard InChI is InChI=1S/C12H15NO6S/c1-6-9(14)10(15)11(16)12(19-6)20-8-4-2-7(3-5-8)13(17)18/h2-6,9-12,14-16H,1H3/t6-,9-,10+,11+,12+/m0/s1. The van der Waals surface area contributed by atoms with Crippen LogP contribution in [0.25, 0.3) is 0 Å². The molecule has 8 heteroatoms. The molecule has 0 saturated carbocycles. The number of non-ortho nitro benzene ring substituents is 1. The van der Waals surface area contributed by atoms with E-state index in [9.17, 15) is 25.4 Å². The summed E-state index contributed by atoms with van der Waals surface area (Å²) in [4.78, 5) is 10.7. The lowest BCUT2D eigenvalue weighted by atomic mass is 10.0. The van der Waals surface area contributed by atoms with E-state index in [0.29, 0.717) is 4.90 Å². The molecule has 0 unspecified atom stereocenters. The van der Waals surface area contributed by atoms with Crippen molar-refractivity contribution in [2.24, 2.45) is 0 Å². The van der Waals surface area contributed by atoms with Gasteiger partial charge in [0.1, 0.15) is 23.7 Å². The monoisotopic (exact) mass is 301 g/mol. The van der Waals surface area contributed by atoms with Crippen LogP contribution in [-0.2, 0) is 4.74 Å². The molecule has 1 aliphatic rings. The van der Waals surface area contributed by atoms with E-state index in [2.05, 4.69) is 0 Å². The first-order valence-electron chi connectivity index (χ1n) is 6.01. The van der Waals surface area contributed by atoms with Gasteiger partial charge in [-0.05, 0) is 19.1 Å². The number of thioether (sulfide) groups is 1. The van der Waals surface area contributed by atoms with Gasteiger partial charge in [0, 0.05) is 17.0 Å². The average molecular weight is 301 g/mol. The second-order valence-corrected chi connectivity index (χ2v) is 5.72. The van der Waals surface area contributed by atoms with E-state index in [0.717, 1.165) is 11.8 Å². The van der Waals surface area contributed by atoms with Crippen molar-refractivity contribution < 1.29 is 25.0 Å². The SMILES string of the molecule is C[C@@H]1O[C@H](Sc2ccc([N+](=O)[O-])cc2)[C@H](O)[C@H](O)[C@H]1O. The molecule has 0 radical (unpaired) electrons. The Morgan fingerprint density at radius 3 is 2.30 bits per heavy atom. The minimum absolute atomic E-state index is 0.0247. The number of hydrogen-bond acceptors (Lipinski definition) is 7. The summed E-state index contributed by atoms with van der Waals surface area (Å²) < 4.78 is 5.43. The summed E-state index contributed by atoms with van der Waals surface area (Å²) in [6.07, 6.45) is -4.27. The molecule has 7 nitrogen and oxygen atoms in total. The van der Waals surface area contributed by atoms with Gasteiger partial charge in [-0.15, -0.1) is 0 Å². The van der Waals surface area contributed by atoms with Crippen molar-refractivity contribution >= 4 is 17.4 Å². The molecule has 1 aromatic rings. The highest BCUT2D eigenvalue weighted by atomic mass is 32.2. The Bertz CT molecular complexity index is 481. The Balaban J connectivity index is 2.07. The number of nitro groups is 1. The molecule has 0 aliphatic carbocycles. The maximum Gasteiger partial charge on any atom is 0.269 e. The number of nitro benzene ring substituents is 1. The lowest BCUT2D eigenvalue weighted by Crippen LogP contribution is -2.55. The topological polar surface area (TPSA) is 113 Å². The van der Waals surface area contributed by atoms with Crippen molar-refractivity contribution in [1.29, 1.82) is 0 Å². The minimum Gasteiger partial charge on any atom is -0.388 e. The van der Waals surface area contributed by atoms with Crippen LogP contribution in [0, 0.1) is 10.1 Å². The fourth-order valence-electron chi connectivity index (χ4n) is 1.89. The van der Waals surface area contributed by atoms with Crippen molar-refractivity contribution in [1.82, 2.24) is 0 Å². The van der Waals surface area contributed by atoms with E-state index in [1.807, 2.05) is 0 Å². The summed E-state index contributed by atoms with van der Waals surface area (Å²) in [6.45, 7) is 1.60. The fourth-order valence-corrected chi connectivity index (χ4v) is 2.98. The second kappa shape index (κ2) is 6.06. The van der Waals surface area contributed by atoms with Gasteiger partial charge in [0.2, 0.25) is 0 Å². The van der Waals surface area contributed by atoms with Gasteiger partial charge in [0.05, 0.1) is 11.0 Å². The van der Waals surface area contributed by atoms with Crippen LogP contribution in [-0.4, -0.2) is 50.1 Å². The van der Waals surface area contributed by atoms with Crippen LogP contribution in [0.15, 0.2) is 29.2 Å². The lowest BCUT2D eigenvalue weighted by molar-refractivity contribution is -0.384. The minimum atomic E-state index is -1.28. The number of ether oxygens (including phenoxy) is 1. The van der Waals surface area contributed by atoms with Crippen LogP contribution in [0.5, 0.6) is 0 Å². The third-order valence-corrected chi connectivity index (χ3v) is 4.27. The van der Waals surface area contributed by atoms with Gasteiger partial charge in [-0.25, -0.2) is 0 Å². The molecule has 5 atom stereocenters. The van der Waals surface area contributed by atoms with E-state index < -0.39 is 34.8 Å². The quantitative estimate of drug-likeness (QED) is 0.551. The van der Waals surface area contributed by atoms with E-state index in [1.54, 1.807) is 19.1 Å². The van der Waals surface area contributed by atoms with Gasteiger partial charge < -0.3 is 20.1 Å².